The number of nitrogens with two attached hydrogens (primary N) is 1. The molecule has 88 valence electrons. The summed E-state index contributed by atoms with van der Waals surface area (Å²) in [6.07, 6.45) is 2.73. The molecule has 1 aliphatic rings. The molecule has 1 heterocycles. The van der Waals surface area contributed by atoms with E-state index in [1.54, 1.807) is 0 Å². The van der Waals surface area contributed by atoms with Crippen molar-refractivity contribution in [2.24, 2.45) is 5.73 Å². The molecule has 1 aliphatic carbocycles. The summed E-state index contributed by atoms with van der Waals surface area (Å²) in [5, 5.41) is 3.85. The molecule has 5 heteroatoms. The van der Waals surface area contributed by atoms with E-state index in [2.05, 4.69) is 10.1 Å². The van der Waals surface area contributed by atoms with Gasteiger partial charge >= 0.3 is 0 Å². The summed E-state index contributed by atoms with van der Waals surface area (Å²) in [5.41, 5.74) is 6.31. The molecule has 0 aliphatic heterocycles. The molecule has 0 saturated heterocycles. The molecule has 1 aromatic carbocycles. The predicted molar refractivity (Wildman–Crippen MR) is 61.3 cm³/mol. The minimum Gasteiger partial charge on any atom is -0.490 e. The molecule has 1 fully saturated rings. The summed E-state index contributed by atoms with van der Waals surface area (Å²) in [6.45, 7) is 0.260. The Morgan fingerprint density at radius 2 is 2.06 bits per heavy atom. The lowest BCUT2D eigenvalue weighted by molar-refractivity contribution is 0.303. The average Bonchev–Trinajstić information content (AvgIpc) is 3.05. The third kappa shape index (κ3) is 2.29. The summed E-state index contributed by atoms with van der Waals surface area (Å²) in [7, 11) is 0. The minimum absolute atomic E-state index is 0.260. The lowest BCUT2D eigenvalue weighted by Crippen LogP contribution is -1.96. The molecule has 17 heavy (non-hydrogen) atoms. The van der Waals surface area contributed by atoms with E-state index in [0.717, 1.165) is 24.2 Å². The molecule has 3 rings (SSSR count). The van der Waals surface area contributed by atoms with E-state index < -0.39 is 0 Å². The molecular formula is C12H13N3O2. The number of nitrogens with zero attached hydrogens (tertiary/aromatic N) is 2. The van der Waals surface area contributed by atoms with Gasteiger partial charge in [0.2, 0.25) is 11.7 Å². The maximum atomic E-state index is 5.66. The average molecular weight is 231 g/mol. The van der Waals surface area contributed by atoms with Crippen LogP contribution in [0.2, 0.25) is 0 Å². The molecule has 0 radical (unpaired) electrons. The topological polar surface area (TPSA) is 74.2 Å². The van der Waals surface area contributed by atoms with Gasteiger partial charge in [-0.3, -0.25) is 0 Å². The van der Waals surface area contributed by atoms with Crippen molar-refractivity contribution in [3.05, 3.63) is 30.2 Å². The first-order chi connectivity index (χ1) is 8.35. The molecule has 2 N–H and O–H groups in total. The molecule has 0 amide bonds. The van der Waals surface area contributed by atoms with Crippen LogP contribution in [0.5, 0.6) is 5.75 Å². The van der Waals surface area contributed by atoms with Gasteiger partial charge in [0.25, 0.3) is 0 Å². The highest BCUT2D eigenvalue weighted by Gasteiger charge is 2.23. The van der Waals surface area contributed by atoms with Crippen LogP contribution >= 0.6 is 0 Å². The fourth-order valence-corrected chi connectivity index (χ4v) is 1.52. The van der Waals surface area contributed by atoms with Crippen molar-refractivity contribution < 1.29 is 9.26 Å². The van der Waals surface area contributed by atoms with Gasteiger partial charge in [0, 0.05) is 5.56 Å². The lowest BCUT2D eigenvalue weighted by Gasteiger charge is -2.03. The van der Waals surface area contributed by atoms with Gasteiger partial charge in [0.15, 0.2) is 0 Å². The van der Waals surface area contributed by atoms with Crippen molar-refractivity contribution in [3.63, 3.8) is 0 Å². The Morgan fingerprint density at radius 3 is 2.65 bits per heavy atom. The van der Waals surface area contributed by atoms with E-state index in [-0.39, 0.29) is 6.54 Å². The van der Waals surface area contributed by atoms with E-state index in [1.807, 2.05) is 24.3 Å². The second-order valence-corrected chi connectivity index (χ2v) is 4.06. The van der Waals surface area contributed by atoms with Gasteiger partial charge in [0.1, 0.15) is 5.75 Å². The minimum atomic E-state index is 0.260. The van der Waals surface area contributed by atoms with E-state index in [1.165, 1.54) is 0 Å². The fraction of sp³-hybridized carbons (Fsp3) is 0.333. The van der Waals surface area contributed by atoms with Crippen LogP contribution < -0.4 is 10.5 Å². The zero-order chi connectivity index (χ0) is 11.7. The van der Waals surface area contributed by atoms with Crippen LogP contribution in [-0.2, 0) is 6.54 Å². The zero-order valence-electron chi connectivity index (χ0n) is 9.30. The van der Waals surface area contributed by atoms with Gasteiger partial charge in [-0.1, -0.05) is 5.16 Å². The highest BCUT2D eigenvalue weighted by Crippen LogP contribution is 2.27. The molecule has 1 saturated carbocycles. The first-order valence-corrected chi connectivity index (χ1v) is 5.65. The third-order valence-electron chi connectivity index (χ3n) is 2.58. The van der Waals surface area contributed by atoms with Gasteiger partial charge in [-0.25, -0.2) is 0 Å². The summed E-state index contributed by atoms with van der Waals surface area (Å²) < 4.78 is 10.6. The molecule has 5 nitrogen and oxygen atoms in total. The van der Waals surface area contributed by atoms with Crippen LogP contribution in [0, 0.1) is 0 Å². The maximum absolute atomic E-state index is 5.66. The number of hydrogen-bond acceptors (Lipinski definition) is 5. The number of ether oxygens (including phenoxy) is 1. The standard InChI is InChI=1S/C12H13N3O2/c13-7-11-14-12(15-17-11)8-1-3-9(4-2-8)16-10-5-6-10/h1-4,10H,5-7,13H2. The monoisotopic (exact) mass is 231 g/mol. The van der Waals surface area contributed by atoms with Crippen LogP contribution in [0.25, 0.3) is 11.4 Å². The van der Waals surface area contributed by atoms with Crippen LogP contribution in [0.1, 0.15) is 18.7 Å². The highest BCUT2D eigenvalue weighted by molar-refractivity contribution is 5.55. The summed E-state index contributed by atoms with van der Waals surface area (Å²) in [6, 6.07) is 7.68. The number of hydrogen-bond donors (Lipinski definition) is 1. The Kier molecular flexibility index (Phi) is 2.53. The predicted octanol–water partition coefficient (Wildman–Crippen LogP) is 1.74. The molecule has 0 bridgehead atoms. The molecule has 0 atom stereocenters. The van der Waals surface area contributed by atoms with Crippen molar-refractivity contribution in [1.29, 1.82) is 0 Å². The Hall–Kier alpha value is -1.88. The zero-order valence-corrected chi connectivity index (χ0v) is 9.30. The summed E-state index contributed by atoms with van der Waals surface area (Å²) in [5.74, 6) is 1.89. The fourth-order valence-electron chi connectivity index (χ4n) is 1.52. The molecule has 1 aromatic heterocycles. The second kappa shape index (κ2) is 4.18. The van der Waals surface area contributed by atoms with Gasteiger partial charge in [-0.15, -0.1) is 0 Å². The number of rotatable bonds is 4. The van der Waals surface area contributed by atoms with Crippen LogP contribution in [0.15, 0.2) is 28.8 Å². The van der Waals surface area contributed by atoms with Crippen LogP contribution in [-0.4, -0.2) is 16.2 Å². The largest absolute Gasteiger partial charge is 0.490 e. The first-order valence-electron chi connectivity index (χ1n) is 5.65. The van der Waals surface area contributed by atoms with Crippen molar-refractivity contribution in [2.75, 3.05) is 0 Å². The number of aromatic nitrogens is 2. The Morgan fingerprint density at radius 1 is 1.29 bits per heavy atom. The molecule has 2 aromatic rings. The van der Waals surface area contributed by atoms with Crippen molar-refractivity contribution in [1.82, 2.24) is 10.1 Å². The normalized spacial score (nSPS) is 14.9. The SMILES string of the molecule is NCc1nc(-c2ccc(OC3CC3)cc2)no1. The van der Waals surface area contributed by atoms with E-state index in [4.69, 9.17) is 15.0 Å². The quantitative estimate of drug-likeness (QED) is 0.867. The molecule has 0 spiro atoms. The summed E-state index contributed by atoms with van der Waals surface area (Å²) >= 11 is 0. The van der Waals surface area contributed by atoms with Crippen molar-refractivity contribution in [2.45, 2.75) is 25.5 Å². The van der Waals surface area contributed by atoms with Crippen molar-refractivity contribution >= 4 is 0 Å². The highest BCUT2D eigenvalue weighted by atomic mass is 16.5. The van der Waals surface area contributed by atoms with Crippen LogP contribution in [0.3, 0.4) is 0 Å². The van der Waals surface area contributed by atoms with Crippen molar-refractivity contribution in [3.8, 4) is 17.1 Å². The van der Waals surface area contributed by atoms with Gasteiger partial charge in [-0.2, -0.15) is 4.98 Å². The Labute approximate surface area is 98.6 Å². The lowest BCUT2D eigenvalue weighted by atomic mass is 10.2. The Bertz CT molecular complexity index is 503. The molecular weight excluding hydrogens is 218 g/mol. The van der Waals surface area contributed by atoms with Gasteiger partial charge < -0.3 is 15.0 Å². The first kappa shape index (κ1) is 10.3. The smallest absolute Gasteiger partial charge is 0.240 e. The van der Waals surface area contributed by atoms with Gasteiger partial charge in [-0.05, 0) is 37.1 Å². The number of benzene rings is 1. The Balaban J connectivity index is 1.78. The second-order valence-electron chi connectivity index (χ2n) is 4.06. The van der Waals surface area contributed by atoms with E-state index >= 15 is 0 Å². The van der Waals surface area contributed by atoms with E-state index in [0.29, 0.717) is 17.8 Å². The maximum Gasteiger partial charge on any atom is 0.240 e. The van der Waals surface area contributed by atoms with Gasteiger partial charge in [0.05, 0.1) is 12.6 Å². The summed E-state index contributed by atoms with van der Waals surface area (Å²) in [4.78, 5) is 4.16. The third-order valence-corrected chi connectivity index (χ3v) is 2.58. The van der Waals surface area contributed by atoms with E-state index in [9.17, 15) is 0 Å². The van der Waals surface area contributed by atoms with Crippen LogP contribution in [0.4, 0.5) is 0 Å². The molecule has 0 unspecified atom stereocenters.